The standard InChI is InChI=1S/C12H17N3OS/c1-12(4-7-16-8-5-12)15-9-3-2-6-14-10(9)11(13)17/h2-3,6,15H,4-5,7-8H2,1H3,(H2,13,17). The molecule has 2 rings (SSSR count). The van der Waals surface area contributed by atoms with Crippen LogP contribution in [0.5, 0.6) is 0 Å². The first-order valence-corrected chi connectivity index (χ1v) is 6.12. The summed E-state index contributed by atoms with van der Waals surface area (Å²) in [5.41, 5.74) is 7.26. The molecule has 0 unspecified atom stereocenters. The van der Waals surface area contributed by atoms with Gasteiger partial charge in [0.25, 0.3) is 0 Å². The van der Waals surface area contributed by atoms with Crippen molar-refractivity contribution in [2.24, 2.45) is 5.73 Å². The lowest BCUT2D eigenvalue weighted by Gasteiger charge is -2.35. The first-order chi connectivity index (χ1) is 8.11. The highest BCUT2D eigenvalue weighted by Gasteiger charge is 2.27. The summed E-state index contributed by atoms with van der Waals surface area (Å²) in [5, 5.41) is 3.50. The zero-order valence-electron chi connectivity index (χ0n) is 9.90. The summed E-state index contributed by atoms with van der Waals surface area (Å²) in [6, 6.07) is 3.84. The maximum atomic E-state index is 5.67. The van der Waals surface area contributed by atoms with Gasteiger partial charge in [0.15, 0.2) is 0 Å². The average Bonchev–Trinajstić information content (AvgIpc) is 2.29. The lowest BCUT2D eigenvalue weighted by Crippen LogP contribution is -2.41. The Kier molecular flexibility index (Phi) is 3.59. The number of nitrogens with one attached hydrogen (secondary N) is 1. The van der Waals surface area contributed by atoms with E-state index >= 15 is 0 Å². The molecule has 0 radical (unpaired) electrons. The van der Waals surface area contributed by atoms with Crippen LogP contribution in [0.2, 0.25) is 0 Å². The van der Waals surface area contributed by atoms with Crippen LogP contribution in [0.1, 0.15) is 25.5 Å². The second kappa shape index (κ2) is 4.98. The van der Waals surface area contributed by atoms with Crippen LogP contribution in [0.3, 0.4) is 0 Å². The Morgan fingerprint density at radius 2 is 2.24 bits per heavy atom. The number of hydrogen-bond acceptors (Lipinski definition) is 4. The summed E-state index contributed by atoms with van der Waals surface area (Å²) in [6.45, 7) is 3.75. The van der Waals surface area contributed by atoms with Gasteiger partial charge in [0, 0.05) is 24.9 Å². The number of anilines is 1. The van der Waals surface area contributed by atoms with Gasteiger partial charge >= 0.3 is 0 Å². The van der Waals surface area contributed by atoms with Gasteiger partial charge in [-0.25, -0.2) is 0 Å². The lowest BCUT2D eigenvalue weighted by molar-refractivity contribution is 0.0658. The summed E-state index contributed by atoms with van der Waals surface area (Å²) >= 11 is 5.00. The van der Waals surface area contributed by atoms with Gasteiger partial charge in [0.05, 0.1) is 5.69 Å². The zero-order chi connectivity index (χ0) is 12.3. The van der Waals surface area contributed by atoms with Crippen molar-refractivity contribution < 1.29 is 4.74 Å². The third-order valence-electron chi connectivity index (χ3n) is 3.07. The molecule has 2 heterocycles. The van der Waals surface area contributed by atoms with Crippen molar-refractivity contribution in [3.05, 3.63) is 24.0 Å². The molecule has 1 aromatic heterocycles. The van der Waals surface area contributed by atoms with Crippen molar-refractivity contribution in [1.29, 1.82) is 0 Å². The fourth-order valence-corrected chi connectivity index (χ4v) is 2.14. The quantitative estimate of drug-likeness (QED) is 0.801. The molecule has 1 aromatic rings. The first kappa shape index (κ1) is 12.3. The summed E-state index contributed by atoms with van der Waals surface area (Å²) in [7, 11) is 0. The molecule has 0 aromatic carbocycles. The number of rotatable bonds is 3. The number of ether oxygens (including phenoxy) is 1. The molecule has 0 amide bonds. The van der Waals surface area contributed by atoms with Gasteiger partial charge in [-0.15, -0.1) is 0 Å². The highest BCUT2D eigenvalue weighted by molar-refractivity contribution is 7.80. The molecule has 17 heavy (non-hydrogen) atoms. The Labute approximate surface area is 107 Å². The molecule has 0 saturated carbocycles. The molecule has 3 N–H and O–H groups in total. The van der Waals surface area contributed by atoms with Gasteiger partial charge in [-0.1, -0.05) is 12.2 Å². The maximum absolute atomic E-state index is 5.67. The number of thiocarbonyl (C=S) groups is 1. The second-order valence-electron chi connectivity index (χ2n) is 4.56. The summed E-state index contributed by atoms with van der Waals surface area (Å²) in [6.07, 6.45) is 3.64. The van der Waals surface area contributed by atoms with Crippen molar-refractivity contribution in [1.82, 2.24) is 4.98 Å². The third kappa shape index (κ3) is 2.92. The van der Waals surface area contributed by atoms with Gasteiger partial charge in [-0.3, -0.25) is 4.98 Å². The van der Waals surface area contributed by atoms with E-state index in [4.69, 9.17) is 22.7 Å². The molecule has 92 valence electrons. The van der Waals surface area contributed by atoms with E-state index in [2.05, 4.69) is 17.2 Å². The van der Waals surface area contributed by atoms with Gasteiger partial charge in [0.1, 0.15) is 10.7 Å². The van der Waals surface area contributed by atoms with Gasteiger partial charge in [-0.05, 0) is 31.9 Å². The van der Waals surface area contributed by atoms with E-state index in [9.17, 15) is 0 Å². The predicted octanol–water partition coefficient (Wildman–Crippen LogP) is 1.70. The number of hydrogen-bond donors (Lipinski definition) is 2. The highest BCUT2D eigenvalue weighted by Crippen LogP contribution is 2.26. The van der Waals surface area contributed by atoms with Crippen molar-refractivity contribution in [2.45, 2.75) is 25.3 Å². The molecule has 0 spiro atoms. The summed E-state index contributed by atoms with van der Waals surface area (Å²) in [4.78, 5) is 4.54. The average molecular weight is 251 g/mol. The minimum atomic E-state index is 0.0286. The molecule has 5 heteroatoms. The number of aromatic nitrogens is 1. The fourth-order valence-electron chi connectivity index (χ4n) is 1.97. The number of pyridine rings is 1. The number of nitrogens with two attached hydrogens (primary N) is 1. The Balaban J connectivity index is 2.20. The molecule has 0 aliphatic carbocycles. The van der Waals surface area contributed by atoms with Crippen LogP contribution in [0.4, 0.5) is 5.69 Å². The van der Waals surface area contributed by atoms with Crippen molar-refractivity contribution in [3.8, 4) is 0 Å². The summed E-state index contributed by atoms with van der Waals surface area (Å²) < 4.78 is 5.37. The number of nitrogens with zero attached hydrogens (tertiary/aromatic N) is 1. The normalized spacial score (nSPS) is 18.6. The van der Waals surface area contributed by atoms with E-state index in [1.165, 1.54) is 0 Å². The zero-order valence-corrected chi connectivity index (χ0v) is 10.7. The fraction of sp³-hybridized carbons (Fsp3) is 0.500. The molecular weight excluding hydrogens is 234 g/mol. The Morgan fingerprint density at radius 1 is 1.53 bits per heavy atom. The summed E-state index contributed by atoms with van der Waals surface area (Å²) in [5.74, 6) is 0. The minimum absolute atomic E-state index is 0.0286. The van der Waals surface area contributed by atoms with E-state index in [1.807, 2.05) is 12.1 Å². The molecule has 1 aliphatic rings. The van der Waals surface area contributed by atoms with Gasteiger partial charge < -0.3 is 15.8 Å². The van der Waals surface area contributed by atoms with E-state index in [0.717, 1.165) is 31.7 Å². The van der Waals surface area contributed by atoms with Crippen LogP contribution >= 0.6 is 12.2 Å². The van der Waals surface area contributed by atoms with Crippen LogP contribution in [0, 0.1) is 0 Å². The minimum Gasteiger partial charge on any atom is -0.388 e. The van der Waals surface area contributed by atoms with Crippen LogP contribution in [-0.2, 0) is 4.74 Å². The second-order valence-corrected chi connectivity index (χ2v) is 5.00. The van der Waals surface area contributed by atoms with Crippen LogP contribution in [0.15, 0.2) is 18.3 Å². The first-order valence-electron chi connectivity index (χ1n) is 5.71. The third-order valence-corrected chi connectivity index (χ3v) is 3.27. The van der Waals surface area contributed by atoms with Gasteiger partial charge in [-0.2, -0.15) is 0 Å². The Bertz CT molecular complexity index is 416. The highest BCUT2D eigenvalue weighted by atomic mass is 32.1. The molecular formula is C12H17N3OS. The maximum Gasteiger partial charge on any atom is 0.124 e. The van der Waals surface area contributed by atoms with Crippen molar-refractivity contribution in [2.75, 3.05) is 18.5 Å². The van der Waals surface area contributed by atoms with Crippen LogP contribution < -0.4 is 11.1 Å². The molecule has 0 bridgehead atoms. The van der Waals surface area contributed by atoms with E-state index in [1.54, 1.807) is 6.20 Å². The molecule has 4 nitrogen and oxygen atoms in total. The molecule has 1 fully saturated rings. The van der Waals surface area contributed by atoms with E-state index < -0.39 is 0 Å². The van der Waals surface area contributed by atoms with E-state index in [0.29, 0.717) is 10.7 Å². The van der Waals surface area contributed by atoms with Crippen LogP contribution in [0.25, 0.3) is 0 Å². The van der Waals surface area contributed by atoms with Crippen molar-refractivity contribution in [3.63, 3.8) is 0 Å². The SMILES string of the molecule is CC1(Nc2cccnc2C(N)=S)CCOCC1. The van der Waals surface area contributed by atoms with Gasteiger partial charge in [0.2, 0.25) is 0 Å². The molecule has 0 atom stereocenters. The van der Waals surface area contributed by atoms with Crippen LogP contribution in [-0.4, -0.2) is 28.7 Å². The monoisotopic (exact) mass is 251 g/mol. The van der Waals surface area contributed by atoms with E-state index in [-0.39, 0.29) is 5.54 Å². The molecule has 1 saturated heterocycles. The smallest absolute Gasteiger partial charge is 0.124 e. The predicted molar refractivity (Wildman–Crippen MR) is 72.2 cm³/mol. The van der Waals surface area contributed by atoms with Crippen molar-refractivity contribution >= 4 is 22.9 Å². The topological polar surface area (TPSA) is 60.2 Å². The Hall–Kier alpha value is -1.20. The largest absolute Gasteiger partial charge is 0.388 e. The Morgan fingerprint density at radius 3 is 2.88 bits per heavy atom. The molecule has 1 aliphatic heterocycles. The lowest BCUT2D eigenvalue weighted by atomic mass is 9.92.